The number of aryl methyl sites for hydroxylation is 1. The molecule has 0 N–H and O–H groups in total. The molecule has 0 aliphatic carbocycles. The number of thiazole rings is 1. The van der Waals surface area contributed by atoms with Crippen LogP contribution in [0, 0.1) is 6.92 Å². The van der Waals surface area contributed by atoms with Crippen LogP contribution in [0.1, 0.15) is 5.69 Å². The number of nitrogens with zero attached hydrogens (tertiary/aromatic N) is 5. The summed E-state index contributed by atoms with van der Waals surface area (Å²) in [5.41, 5.74) is 3.75. The molecule has 4 heterocycles. The Morgan fingerprint density at radius 2 is 2.08 bits per heavy atom. The van der Waals surface area contributed by atoms with E-state index < -0.39 is 0 Å². The number of benzene rings is 1. The largest absolute Gasteiger partial charge is 0.454 e. The average Bonchev–Trinajstić information content (AvgIpc) is 3.37. The van der Waals surface area contributed by atoms with Crippen molar-refractivity contribution in [1.82, 2.24) is 19.4 Å². The Hall–Kier alpha value is -3.13. The first kappa shape index (κ1) is 15.2. The molecule has 4 aromatic rings. The molecule has 0 unspecified atom stereocenters. The highest BCUT2D eigenvalue weighted by atomic mass is 32.1. The number of rotatable bonds is 3. The topological polar surface area (TPSA) is 64.8 Å². The maximum absolute atomic E-state index is 5.47. The van der Waals surface area contributed by atoms with Gasteiger partial charge in [0.1, 0.15) is 5.69 Å². The van der Waals surface area contributed by atoms with Crippen LogP contribution in [0.5, 0.6) is 11.5 Å². The first-order valence-corrected chi connectivity index (χ1v) is 8.97. The van der Waals surface area contributed by atoms with Crippen LogP contribution in [0.2, 0.25) is 0 Å². The van der Waals surface area contributed by atoms with Crippen LogP contribution in [0.3, 0.4) is 0 Å². The lowest BCUT2D eigenvalue weighted by Crippen LogP contribution is -2.08. The van der Waals surface area contributed by atoms with Crippen LogP contribution >= 0.6 is 11.3 Å². The Kier molecular flexibility index (Phi) is 3.32. The van der Waals surface area contributed by atoms with E-state index in [0.717, 1.165) is 39.4 Å². The molecule has 0 amide bonds. The van der Waals surface area contributed by atoms with Crippen LogP contribution in [0.15, 0.2) is 42.0 Å². The van der Waals surface area contributed by atoms with E-state index >= 15 is 0 Å². The van der Waals surface area contributed by atoms with E-state index in [9.17, 15) is 0 Å². The number of imidazole rings is 1. The minimum atomic E-state index is 0.269. The second-order valence-corrected chi connectivity index (χ2v) is 6.78. The van der Waals surface area contributed by atoms with Crippen molar-refractivity contribution >= 4 is 27.9 Å². The van der Waals surface area contributed by atoms with Crippen LogP contribution in [0.25, 0.3) is 17.2 Å². The summed E-state index contributed by atoms with van der Waals surface area (Å²) in [6, 6.07) is 7.78. The lowest BCUT2D eigenvalue weighted by Gasteiger charge is -2.16. The smallest absolute Gasteiger partial charge is 0.234 e. The number of aromatic nitrogens is 4. The number of hydrogen-bond donors (Lipinski definition) is 0. The van der Waals surface area contributed by atoms with Crippen molar-refractivity contribution < 1.29 is 9.47 Å². The summed E-state index contributed by atoms with van der Waals surface area (Å²) >= 11 is 1.58. The first-order valence-electron chi connectivity index (χ1n) is 8.09. The molecule has 0 saturated carbocycles. The summed E-state index contributed by atoms with van der Waals surface area (Å²) in [7, 11) is 1.99. The maximum atomic E-state index is 5.47. The maximum Gasteiger partial charge on any atom is 0.234 e. The van der Waals surface area contributed by atoms with E-state index in [1.807, 2.05) is 59.1 Å². The molecule has 0 radical (unpaired) electrons. The molecule has 8 heteroatoms. The number of ether oxygens (including phenoxy) is 2. The third-order valence-electron chi connectivity index (χ3n) is 4.34. The predicted molar refractivity (Wildman–Crippen MR) is 99.5 cm³/mol. The van der Waals surface area contributed by atoms with Gasteiger partial charge in [-0.25, -0.2) is 15.0 Å². The molecule has 0 bridgehead atoms. The van der Waals surface area contributed by atoms with Gasteiger partial charge in [0.15, 0.2) is 16.6 Å². The Bertz CT molecular complexity index is 1120. The first-order chi connectivity index (χ1) is 12.7. The summed E-state index contributed by atoms with van der Waals surface area (Å²) in [6.07, 6.45) is 3.70. The molecule has 0 saturated heterocycles. The number of fused-ring (bicyclic) bond motifs is 2. The van der Waals surface area contributed by atoms with Crippen molar-refractivity contribution in [2.45, 2.75) is 6.92 Å². The van der Waals surface area contributed by atoms with Crippen molar-refractivity contribution in [1.29, 1.82) is 0 Å². The summed E-state index contributed by atoms with van der Waals surface area (Å²) in [5, 5.41) is 2.93. The second kappa shape index (κ2) is 5.70. The van der Waals surface area contributed by atoms with Crippen molar-refractivity contribution in [3.8, 4) is 22.9 Å². The molecule has 7 nitrogen and oxygen atoms in total. The van der Waals surface area contributed by atoms with Gasteiger partial charge < -0.3 is 14.4 Å². The predicted octanol–water partition coefficient (Wildman–Crippen LogP) is 3.66. The van der Waals surface area contributed by atoms with Gasteiger partial charge in [-0.05, 0) is 25.1 Å². The van der Waals surface area contributed by atoms with Gasteiger partial charge in [-0.2, -0.15) is 0 Å². The van der Waals surface area contributed by atoms with Gasteiger partial charge in [-0.15, -0.1) is 11.3 Å². The van der Waals surface area contributed by atoms with Crippen molar-refractivity contribution in [3.05, 3.63) is 47.7 Å². The Labute approximate surface area is 153 Å². The quantitative estimate of drug-likeness (QED) is 0.552. The van der Waals surface area contributed by atoms with E-state index in [4.69, 9.17) is 14.5 Å². The van der Waals surface area contributed by atoms with Gasteiger partial charge in [0.05, 0.1) is 11.4 Å². The van der Waals surface area contributed by atoms with Crippen molar-refractivity contribution in [2.24, 2.45) is 0 Å². The molecule has 1 aromatic carbocycles. The molecule has 26 heavy (non-hydrogen) atoms. The van der Waals surface area contributed by atoms with E-state index in [1.54, 1.807) is 17.5 Å². The fourth-order valence-corrected chi connectivity index (χ4v) is 3.83. The molecule has 1 aliphatic heterocycles. The molecule has 0 fully saturated rings. The summed E-state index contributed by atoms with van der Waals surface area (Å²) < 4.78 is 12.8. The molecule has 130 valence electrons. The average molecular weight is 365 g/mol. The molecule has 3 aromatic heterocycles. The minimum absolute atomic E-state index is 0.269. The minimum Gasteiger partial charge on any atom is -0.454 e. The number of hydrogen-bond acceptors (Lipinski definition) is 7. The summed E-state index contributed by atoms with van der Waals surface area (Å²) in [5.74, 6) is 2.21. The fraction of sp³-hybridized carbons (Fsp3) is 0.167. The van der Waals surface area contributed by atoms with Gasteiger partial charge in [0, 0.05) is 36.6 Å². The standard InChI is InChI=1S/C18H15N5O2S/c1-11-16(23-7-3-6-19-17(23)20-11)13-9-26-18(21-13)22(2)12-4-5-14-15(8-12)25-10-24-14/h3-9H,10H2,1-2H3. The second-order valence-electron chi connectivity index (χ2n) is 5.95. The van der Waals surface area contributed by atoms with Crippen LogP contribution in [0.4, 0.5) is 10.8 Å². The highest BCUT2D eigenvalue weighted by molar-refractivity contribution is 7.14. The third-order valence-corrected chi connectivity index (χ3v) is 5.26. The molecule has 1 aliphatic rings. The van der Waals surface area contributed by atoms with Gasteiger partial charge in [0.25, 0.3) is 0 Å². The summed E-state index contributed by atoms with van der Waals surface area (Å²) in [4.78, 5) is 15.7. The van der Waals surface area contributed by atoms with Crippen LogP contribution < -0.4 is 14.4 Å². The van der Waals surface area contributed by atoms with Crippen LogP contribution in [-0.4, -0.2) is 33.2 Å². The van der Waals surface area contributed by atoms with Crippen molar-refractivity contribution in [3.63, 3.8) is 0 Å². The zero-order valence-corrected chi connectivity index (χ0v) is 15.0. The van der Waals surface area contributed by atoms with Crippen LogP contribution in [-0.2, 0) is 0 Å². The molecule has 0 spiro atoms. The van der Waals surface area contributed by atoms with Gasteiger partial charge in [0.2, 0.25) is 12.6 Å². The number of anilines is 2. The van der Waals surface area contributed by atoms with Gasteiger partial charge in [-0.1, -0.05) is 0 Å². The Morgan fingerprint density at radius 3 is 3.00 bits per heavy atom. The lowest BCUT2D eigenvalue weighted by molar-refractivity contribution is 0.174. The highest BCUT2D eigenvalue weighted by Gasteiger charge is 2.19. The highest BCUT2D eigenvalue weighted by Crippen LogP contribution is 2.38. The monoisotopic (exact) mass is 365 g/mol. The lowest BCUT2D eigenvalue weighted by atomic mass is 10.2. The molecular formula is C18H15N5O2S. The van der Waals surface area contributed by atoms with Gasteiger partial charge in [-0.3, -0.25) is 4.40 Å². The van der Waals surface area contributed by atoms with E-state index in [1.165, 1.54) is 0 Å². The third kappa shape index (κ3) is 2.30. The van der Waals surface area contributed by atoms with E-state index in [2.05, 4.69) is 9.97 Å². The Balaban J connectivity index is 1.52. The van der Waals surface area contributed by atoms with E-state index in [0.29, 0.717) is 5.78 Å². The van der Waals surface area contributed by atoms with E-state index in [-0.39, 0.29) is 6.79 Å². The fourth-order valence-electron chi connectivity index (χ4n) is 3.04. The molecule has 0 atom stereocenters. The zero-order chi connectivity index (χ0) is 17.7. The summed E-state index contributed by atoms with van der Waals surface area (Å²) in [6.45, 7) is 2.25. The van der Waals surface area contributed by atoms with Crippen molar-refractivity contribution in [2.75, 3.05) is 18.7 Å². The SMILES string of the molecule is Cc1nc2ncccn2c1-c1csc(N(C)c2ccc3c(c2)OCO3)n1. The molecule has 5 rings (SSSR count). The zero-order valence-electron chi connectivity index (χ0n) is 14.2. The molecular weight excluding hydrogens is 350 g/mol. The normalized spacial score (nSPS) is 12.7. The van der Waals surface area contributed by atoms with Gasteiger partial charge >= 0.3 is 0 Å². The Morgan fingerprint density at radius 1 is 1.19 bits per heavy atom.